The van der Waals surface area contributed by atoms with Crippen molar-refractivity contribution in [3.8, 4) is 56.4 Å². The number of fused-ring (bicyclic) bond motifs is 9. The SMILES string of the molecule is [2H]c1c([2H])c([2H])c(-c2nc(-c3c([2H])c([2H])c([2H])c(-c4c([2H])c([2H])c(-c5c([2H])c([2H])c6c7c([2H])c([2H])c([2H])c([2H])c7c7c([2H])c([2H])c([2H])c([2H])c7c6c5[2H])c([2H])c4[2H])c3[2H])nc(-c3c([2H])c([2H])c([2H])c4oc5c([2H])c([2H])c([2H])c([2H])c5c34)n2)c([2H])c1[2H]. The molecule has 0 spiro atoms. The van der Waals surface area contributed by atoms with E-state index in [1.54, 1.807) is 0 Å². The van der Waals surface area contributed by atoms with Crippen LogP contribution in [0.1, 0.15) is 42.5 Å². The van der Waals surface area contributed by atoms with Crippen LogP contribution in [0.25, 0.3) is 111 Å². The Morgan fingerprint density at radius 2 is 0.782 bits per heavy atom. The highest BCUT2D eigenvalue weighted by molar-refractivity contribution is 6.25. The first-order valence-corrected chi connectivity index (χ1v) is 16.0. The van der Waals surface area contributed by atoms with Gasteiger partial charge in [0, 0.05) is 27.5 Å². The van der Waals surface area contributed by atoms with Gasteiger partial charge in [0.25, 0.3) is 0 Å². The summed E-state index contributed by atoms with van der Waals surface area (Å²) in [4.78, 5) is 13.1. The van der Waals surface area contributed by atoms with Crippen molar-refractivity contribution in [2.75, 3.05) is 0 Å². The van der Waals surface area contributed by atoms with Gasteiger partial charge in [0.05, 0.1) is 42.5 Å². The molecular weight excluding hydrogens is 671 g/mol. The average Bonchev–Trinajstić information content (AvgIpc) is 0.749. The molecule has 0 fully saturated rings. The van der Waals surface area contributed by atoms with E-state index in [-0.39, 0.29) is 0 Å². The first-order valence-electron chi connectivity index (χ1n) is 31.5. The second-order valence-electron chi connectivity index (χ2n) is 11.6. The van der Waals surface area contributed by atoms with Crippen LogP contribution < -0.4 is 0 Å². The summed E-state index contributed by atoms with van der Waals surface area (Å²) in [6.07, 6.45) is 0. The predicted molar refractivity (Wildman–Crippen MR) is 227 cm³/mol. The number of furan rings is 1. The molecular formula is C51H31N3O. The lowest BCUT2D eigenvalue weighted by atomic mass is 9.92. The quantitative estimate of drug-likeness (QED) is 0.165. The van der Waals surface area contributed by atoms with Crippen LogP contribution in [0.2, 0.25) is 0 Å². The van der Waals surface area contributed by atoms with Crippen LogP contribution >= 0.6 is 0 Å². The van der Waals surface area contributed by atoms with E-state index >= 15 is 0 Å². The molecule has 55 heavy (non-hydrogen) atoms. The molecule has 0 radical (unpaired) electrons. The lowest BCUT2D eigenvalue weighted by Crippen LogP contribution is -2.00. The van der Waals surface area contributed by atoms with Crippen molar-refractivity contribution in [3.63, 3.8) is 0 Å². The number of para-hydroxylation sites is 1. The molecule has 0 saturated heterocycles. The van der Waals surface area contributed by atoms with Gasteiger partial charge < -0.3 is 4.42 Å². The number of rotatable bonds is 5. The third-order valence-corrected chi connectivity index (χ3v) is 8.44. The zero-order chi connectivity index (χ0) is 63.3. The number of hydrogen-bond donors (Lipinski definition) is 0. The Bertz CT molecular complexity index is 4980. The molecule has 0 amide bonds. The Balaban J connectivity index is 1.24. The molecule has 0 bridgehead atoms. The van der Waals surface area contributed by atoms with Gasteiger partial charge >= 0.3 is 0 Å². The molecule has 0 atom stereocenters. The van der Waals surface area contributed by atoms with Gasteiger partial charge in [-0.05, 0) is 78.7 Å². The fourth-order valence-corrected chi connectivity index (χ4v) is 6.02. The fourth-order valence-electron chi connectivity index (χ4n) is 6.02. The van der Waals surface area contributed by atoms with E-state index < -0.39 is 298 Å². The highest BCUT2D eigenvalue weighted by atomic mass is 16.3. The molecule has 4 nitrogen and oxygen atoms in total. The minimum absolute atomic E-state index is 0.457. The third-order valence-electron chi connectivity index (χ3n) is 8.44. The van der Waals surface area contributed by atoms with E-state index in [1.165, 1.54) is 0 Å². The summed E-state index contributed by atoms with van der Waals surface area (Å²) in [7, 11) is 0. The zero-order valence-electron chi connectivity index (χ0n) is 58.2. The molecule has 0 N–H and O–H groups in total. The minimum Gasteiger partial charge on any atom is -0.456 e. The predicted octanol–water partition coefficient (Wildman–Crippen LogP) is 13.6. The van der Waals surface area contributed by atoms with Crippen molar-refractivity contribution in [3.05, 3.63) is 187 Å². The summed E-state index contributed by atoms with van der Waals surface area (Å²) >= 11 is 0. The highest BCUT2D eigenvalue weighted by Gasteiger charge is 2.18. The molecule has 0 aliphatic rings. The number of benzene rings is 9. The van der Waals surface area contributed by atoms with E-state index in [1.807, 2.05) is 0 Å². The molecule has 0 aliphatic heterocycles. The Kier molecular flexibility index (Phi) is 3.02. The van der Waals surface area contributed by atoms with Gasteiger partial charge in [0.2, 0.25) is 0 Å². The number of nitrogens with zero attached hydrogens (tertiary/aromatic N) is 3. The Hall–Kier alpha value is -7.43. The summed E-state index contributed by atoms with van der Waals surface area (Å²) < 4.78 is 282. The minimum atomic E-state index is -1.15. The van der Waals surface area contributed by atoms with Crippen molar-refractivity contribution in [1.82, 2.24) is 15.0 Å². The Labute approximate surface area is 360 Å². The maximum Gasteiger partial charge on any atom is 0.164 e. The maximum atomic E-state index is 9.69. The average molecular weight is 733 g/mol. The molecule has 11 aromatic rings. The van der Waals surface area contributed by atoms with E-state index in [9.17, 15) is 13.7 Å². The van der Waals surface area contributed by atoms with E-state index in [4.69, 9.17) is 33.2 Å². The van der Waals surface area contributed by atoms with Crippen LogP contribution in [0.15, 0.2) is 192 Å². The van der Waals surface area contributed by atoms with Crippen molar-refractivity contribution in [2.24, 2.45) is 0 Å². The summed E-state index contributed by atoms with van der Waals surface area (Å²) in [5.74, 6) is -2.67. The third kappa shape index (κ3) is 5.26. The second-order valence-corrected chi connectivity index (χ2v) is 11.6. The largest absolute Gasteiger partial charge is 0.456 e. The molecule has 256 valence electrons. The molecule has 11 rings (SSSR count). The van der Waals surface area contributed by atoms with Gasteiger partial charge in [-0.2, -0.15) is 0 Å². The number of aromatic nitrogens is 3. The summed E-state index contributed by atoms with van der Waals surface area (Å²) in [5, 5.41) is -4.15. The molecule has 2 heterocycles. The topological polar surface area (TPSA) is 51.8 Å². The summed E-state index contributed by atoms with van der Waals surface area (Å²) in [6, 6.07) is -28.9. The lowest BCUT2D eigenvalue weighted by molar-refractivity contribution is 0.669. The monoisotopic (exact) mass is 732 g/mol. The van der Waals surface area contributed by atoms with E-state index in [0.717, 1.165) is 0 Å². The van der Waals surface area contributed by atoms with Gasteiger partial charge in [0.15, 0.2) is 17.5 Å². The van der Waals surface area contributed by atoms with Crippen LogP contribution in [0, 0.1) is 0 Å². The summed E-state index contributed by atoms with van der Waals surface area (Å²) in [6.45, 7) is 0. The summed E-state index contributed by atoms with van der Waals surface area (Å²) in [5.41, 5.74) is -7.13. The first-order chi connectivity index (χ1) is 40.2. The molecule has 0 aliphatic carbocycles. The maximum absolute atomic E-state index is 9.69. The first kappa shape index (κ1) is 13.2. The van der Waals surface area contributed by atoms with Crippen molar-refractivity contribution in [2.45, 2.75) is 0 Å². The molecule has 9 aromatic carbocycles. The Morgan fingerprint density at radius 1 is 0.309 bits per heavy atom. The van der Waals surface area contributed by atoms with E-state index in [0.29, 0.717) is 0 Å². The molecule has 0 unspecified atom stereocenters. The van der Waals surface area contributed by atoms with Crippen molar-refractivity contribution in [1.29, 1.82) is 0 Å². The Morgan fingerprint density at radius 3 is 1.49 bits per heavy atom. The zero-order valence-corrected chi connectivity index (χ0v) is 27.2. The van der Waals surface area contributed by atoms with Gasteiger partial charge in [-0.15, -0.1) is 0 Å². The van der Waals surface area contributed by atoms with Gasteiger partial charge in [-0.25, -0.2) is 15.0 Å². The van der Waals surface area contributed by atoms with Crippen molar-refractivity contribution < 1.29 is 46.9 Å². The lowest BCUT2D eigenvalue weighted by Gasteiger charge is -2.12. The highest BCUT2D eigenvalue weighted by Crippen LogP contribution is 2.39. The van der Waals surface area contributed by atoms with Gasteiger partial charge in [-0.3, -0.25) is 0 Å². The van der Waals surface area contributed by atoms with Crippen LogP contribution in [0.4, 0.5) is 0 Å². The van der Waals surface area contributed by atoms with Crippen LogP contribution in [0.5, 0.6) is 0 Å². The van der Waals surface area contributed by atoms with E-state index in [2.05, 4.69) is 15.0 Å². The normalized spacial score (nSPS) is 19.5. The molecule has 2 aromatic heterocycles. The van der Waals surface area contributed by atoms with Gasteiger partial charge in [0.1, 0.15) is 11.2 Å². The molecule has 4 heteroatoms. The van der Waals surface area contributed by atoms with Gasteiger partial charge in [-0.1, -0.05) is 163 Å². The number of hydrogen-bond acceptors (Lipinski definition) is 4. The van der Waals surface area contributed by atoms with Crippen LogP contribution in [0.3, 0.4) is 0 Å². The van der Waals surface area contributed by atoms with Crippen molar-refractivity contribution >= 4 is 54.3 Å². The fraction of sp³-hybridized carbons (Fsp3) is 0. The van der Waals surface area contributed by atoms with Crippen LogP contribution in [-0.2, 0) is 0 Å². The second kappa shape index (κ2) is 12.6. The smallest absolute Gasteiger partial charge is 0.164 e. The van der Waals surface area contributed by atoms with Crippen LogP contribution in [-0.4, -0.2) is 15.0 Å². The molecule has 0 saturated carbocycles. The standard InChI is InChI=1S/C51H31N3O/c1-2-12-34(13-3-1)49-52-50(54-51(53-49)44-21-11-23-47-48(44)43-20-8-9-22-46(43)55-47)37-15-10-14-35(30-37)32-24-26-33(27-25-32)36-28-29-42-40-18-5-4-16-38(40)39-17-6-7-19-41(39)45(42)31-36/h1-31H/i1D,2D,3D,4D,5D,6D,7D,8D,9D,10D,11D,12D,13D,14D,15D,16D,17D,18D,19D,20D,21D,22D,23D,24D,25D,26D,27D,28D,29D,30D,31D.